The molecule has 0 saturated carbocycles. The predicted molar refractivity (Wildman–Crippen MR) is 127 cm³/mol. The van der Waals surface area contributed by atoms with Crippen molar-refractivity contribution in [3.8, 4) is 0 Å². The third kappa shape index (κ3) is 2.69. The van der Waals surface area contributed by atoms with Crippen molar-refractivity contribution in [2.24, 2.45) is 4.99 Å². The van der Waals surface area contributed by atoms with Gasteiger partial charge in [-0.3, -0.25) is 0 Å². The minimum absolute atomic E-state index is 0.827. The number of fused-ring (bicyclic) bond motifs is 3. The number of hydrogen-bond donors (Lipinski definition) is 0. The van der Waals surface area contributed by atoms with Gasteiger partial charge in [-0.15, -0.1) is 0 Å². The van der Waals surface area contributed by atoms with E-state index in [-0.39, 0.29) is 0 Å². The molecule has 0 amide bonds. The molecule has 0 atom stereocenters. The number of aliphatic imine (C=N–C) groups is 1. The summed E-state index contributed by atoms with van der Waals surface area (Å²) in [5.41, 5.74) is 4.72. The first-order chi connectivity index (χ1) is 14.9. The van der Waals surface area contributed by atoms with Crippen LogP contribution in [0.5, 0.6) is 0 Å². The molecule has 142 valence electrons. The molecule has 0 saturated heterocycles. The Morgan fingerprint density at radius 1 is 0.567 bits per heavy atom. The molecule has 6 rings (SSSR count). The minimum Gasteiger partial charge on any atom is -0.321 e. The fourth-order valence-corrected chi connectivity index (χ4v) is 4.45. The van der Waals surface area contributed by atoms with E-state index in [1.54, 1.807) is 0 Å². The molecule has 1 heterocycles. The highest BCUT2D eigenvalue weighted by Gasteiger charge is 2.27. The van der Waals surface area contributed by atoms with Crippen molar-refractivity contribution in [1.29, 1.82) is 0 Å². The monoisotopic (exact) mass is 384 g/mol. The van der Waals surface area contributed by atoms with E-state index in [1.807, 2.05) is 0 Å². The molecule has 2 nitrogen and oxygen atoms in total. The van der Waals surface area contributed by atoms with E-state index in [1.165, 1.54) is 38.4 Å². The second kappa shape index (κ2) is 6.85. The first-order valence-electron chi connectivity index (χ1n) is 10.3. The van der Waals surface area contributed by atoms with Crippen molar-refractivity contribution >= 4 is 38.8 Å². The molecule has 30 heavy (non-hydrogen) atoms. The maximum absolute atomic E-state index is 5.23. The summed E-state index contributed by atoms with van der Waals surface area (Å²) in [6.07, 6.45) is 0. The van der Waals surface area contributed by atoms with E-state index in [4.69, 9.17) is 4.99 Å². The van der Waals surface area contributed by atoms with Gasteiger partial charge in [0, 0.05) is 16.3 Å². The standard InChI is InChI=1S/C28H20N2/c1-4-14-23-20(9-1)12-7-17-26(23)29-28-25-16-6-3-11-22(25)19-30(28)27-18-8-13-21-10-2-5-15-24(21)27/h1-18H,19H2. The zero-order chi connectivity index (χ0) is 19.9. The van der Waals surface area contributed by atoms with Crippen LogP contribution < -0.4 is 4.90 Å². The third-order valence-electron chi connectivity index (χ3n) is 5.89. The van der Waals surface area contributed by atoms with Crippen LogP contribution in [0, 0.1) is 0 Å². The third-order valence-corrected chi connectivity index (χ3v) is 5.89. The van der Waals surface area contributed by atoms with Crippen molar-refractivity contribution in [3.05, 3.63) is 120 Å². The Labute approximate surface area is 175 Å². The second-order valence-electron chi connectivity index (χ2n) is 7.68. The van der Waals surface area contributed by atoms with Crippen LogP contribution in [0.15, 0.2) is 114 Å². The Hall–Kier alpha value is -3.91. The Bertz CT molecular complexity index is 1420. The van der Waals surface area contributed by atoms with Gasteiger partial charge in [-0.05, 0) is 28.5 Å². The van der Waals surface area contributed by atoms with Crippen molar-refractivity contribution in [2.75, 3.05) is 4.90 Å². The van der Waals surface area contributed by atoms with E-state index in [9.17, 15) is 0 Å². The maximum Gasteiger partial charge on any atom is 0.141 e. The highest BCUT2D eigenvalue weighted by atomic mass is 15.2. The molecule has 1 aliphatic heterocycles. The van der Waals surface area contributed by atoms with Gasteiger partial charge in [-0.2, -0.15) is 0 Å². The first-order valence-corrected chi connectivity index (χ1v) is 10.3. The number of hydrogen-bond acceptors (Lipinski definition) is 1. The average Bonchev–Trinajstić information content (AvgIpc) is 3.17. The van der Waals surface area contributed by atoms with E-state index in [0.29, 0.717) is 0 Å². The van der Waals surface area contributed by atoms with Crippen molar-refractivity contribution in [3.63, 3.8) is 0 Å². The van der Waals surface area contributed by atoms with Crippen molar-refractivity contribution in [1.82, 2.24) is 0 Å². The lowest BCUT2D eigenvalue weighted by atomic mass is 10.1. The molecule has 0 N–H and O–H groups in total. The number of rotatable bonds is 2. The minimum atomic E-state index is 0.827. The van der Waals surface area contributed by atoms with E-state index in [0.717, 1.165) is 18.1 Å². The van der Waals surface area contributed by atoms with Crippen molar-refractivity contribution < 1.29 is 0 Å². The lowest BCUT2D eigenvalue weighted by Gasteiger charge is -2.21. The summed E-state index contributed by atoms with van der Waals surface area (Å²) in [6.45, 7) is 0.827. The van der Waals surface area contributed by atoms with Crippen LogP contribution >= 0.6 is 0 Å². The van der Waals surface area contributed by atoms with Gasteiger partial charge < -0.3 is 4.90 Å². The van der Waals surface area contributed by atoms with Crippen LogP contribution in [0.1, 0.15) is 11.1 Å². The summed E-state index contributed by atoms with van der Waals surface area (Å²) < 4.78 is 0. The van der Waals surface area contributed by atoms with E-state index >= 15 is 0 Å². The molecule has 0 aliphatic carbocycles. The van der Waals surface area contributed by atoms with E-state index < -0.39 is 0 Å². The summed E-state index contributed by atoms with van der Waals surface area (Å²) in [6, 6.07) is 38.5. The quantitative estimate of drug-likeness (QED) is 0.317. The SMILES string of the molecule is c1ccc2c(c1)CN(c1cccc3ccccc13)C2=Nc1cccc2ccccc12. The molecule has 0 bridgehead atoms. The topological polar surface area (TPSA) is 15.6 Å². The molecule has 0 radical (unpaired) electrons. The zero-order valence-electron chi connectivity index (χ0n) is 16.5. The normalized spacial score (nSPS) is 14.5. The van der Waals surface area contributed by atoms with Gasteiger partial charge in [0.1, 0.15) is 5.84 Å². The highest BCUT2D eigenvalue weighted by Crippen LogP contribution is 2.36. The Morgan fingerprint density at radius 3 is 2.07 bits per heavy atom. The fraction of sp³-hybridized carbons (Fsp3) is 0.0357. The molecular formula is C28H20N2. The molecule has 5 aromatic carbocycles. The van der Waals surface area contributed by atoms with Crippen LogP contribution in [-0.2, 0) is 6.54 Å². The van der Waals surface area contributed by atoms with Crippen LogP contribution in [0.2, 0.25) is 0 Å². The fourth-order valence-electron chi connectivity index (χ4n) is 4.45. The average molecular weight is 384 g/mol. The lowest BCUT2D eigenvalue weighted by molar-refractivity contribution is 1.06. The number of benzene rings is 5. The van der Waals surface area contributed by atoms with Crippen LogP contribution in [0.25, 0.3) is 21.5 Å². The highest BCUT2D eigenvalue weighted by molar-refractivity contribution is 6.18. The molecule has 0 fully saturated rings. The van der Waals surface area contributed by atoms with Crippen LogP contribution in [0.4, 0.5) is 11.4 Å². The van der Waals surface area contributed by atoms with Crippen molar-refractivity contribution in [2.45, 2.75) is 6.54 Å². The Kier molecular flexibility index (Phi) is 3.88. The molecular weight excluding hydrogens is 364 g/mol. The summed E-state index contributed by atoms with van der Waals surface area (Å²) in [7, 11) is 0. The molecule has 0 aromatic heterocycles. The van der Waals surface area contributed by atoms with Gasteiger partial charge in [-0.25, -0.2) is 4.99 Å². The number of amidine groups is 1. The molecule has 5 aromatic rings. The zero-order valence-corrected chi connectivity index (χ0v) is 16.5. The number of anilines is 1. The second-order valence-corrected chi connectivity index (χ2v) is 7.68. The van der Waals surface area contributed by atoms with Crippen LogP contribution in [-0.4, -0.2) is 5.84 Å². The van der Waals surface area contributed by atoms with Gasteiger partial charge in [0.2, 0.25) is 0 Å². The van der Waals surface area contributed by atoms with E-state index in [2.05, 4.69) is 114 Å². The van der Waals surface area contributed by atoms with Gasteiger partial charge >= 0.3 is 0 Å². The van der Waals surface area contributed by atoms with Gasteiger partial charge in [-0.1, -0.05) is 97.1 Å². The lowest BCUT2D eigenvalue weighted by Crippen LogP contribution is -2.24. The van der Waals surface area contributed by atoms with Crippen LogP contribution in [0.3, 0.4) is 0 Å². The summed E-state index contributed by atoms with van der Waals surface area (Å²) in [5, 5.41) is 4.88. The molecule has 0 unspecified atom stereocenters. The predicted octanol–water partition coefficient (Wildman–Crippen LogP) is 7.09. The smallest absolute Gasteiger partial charge is 0.141 e. The maximum atomic E-state index is 5.23. The first kappa shape index (κ1) is 17.0. The summed E-state index contributed by atoms with van der Waals surface area (Å²) >= 11 is 0. The summed E-state index contributed by atoms with van der Waals surface area (Å²) in [4.78, 5) is 7.59. The largest absolute Gasteiger partial charge is 0.321 e. The Morgan fingerprint density at radius 2 is 1.20 bits per heavy atom. The van der Waals surface area contributed by atoms with Gasteiger partial charge in [0.25, 0.3) is 0 Å². The molecule has 1 aliphatic rings. The Balaban J connectivity index is 1.60. The number of nitrogens with zero attached hydrogens (tertiary/aromatic N) is 2. The van der Waals surface area contributed by atoms with Gasteiger partial charge in [0.05, 0.1) is 17.9 Å². The molecule has 2 heteroatoms. The van der Waals surface area contributed by atoms with Gasteiger partial charge in [0.15, 0.2) is 0 Å². The molecule has 0 spiro atoms. The summed E-state index contributed by atoms with van der Waals surface area (Å²) in [5.74, 6) is 1.01.